The lowest BCUT2D eigenvalue weighted by molar-refractivity contribution is -0.0179. The Kier molecular flexibility index (Phi) is 9.19. The van der Waals surface area contributed by atoms with E-state index in [1.807, 2.05) is 37.2 Å². The van der Waals surface area contributed by atoms with Crippen LogP contribution in [-0.2, 0) is 0 Å². The second-order valence-corrected chi connectivity index (χ2v) is 10.5. The van der Waals surface area contributed by atoms with E-state index in [2.05, 4.69) is 15.6 Å². The molecule has 0 amide bonds. The highest BCUT2D eigenvalue weighted by atomic mass is 19.2. The number of aliphatic hydroxyl groups excluding tert-OH is 2. The third-order valence-electron chi connectivity index (χ3n) is 7.86. The number of pyridine rings is 1. The van der Waals surface area contributed by atoms with Gasteiger partial charge < -0.3 is 30.5 Å². The highest BCUT2D eigenvalue weighted by molar-refractivity contribution is 5.88. The Morgan fingerprint density at radius 2 is 1.77 bits per heavy atom. The van der Waals surface area contributed by atoms with E-state index in [4.69, 9.17) is 4.74 Å². The fraction of sp³-hybridized carbons (Fsp3) is 0.483. The number of methoxy groups -OCH3 is 1. The number of benzene rings is 2. The number of rotatable bonds is 11. The lowest BCUT2D eigenvalue weighted by atomic mass is 9.69. The smallest absolute Gasteiger partial charge is 0.194 e. The lowest BCUT2D eigenvalue weighted by Crippen LogP contribution is -2.45. The van der Waals surface area contributed by atoms with Crippen molar-refractivity contribution >= 4 is 22.3 Å². The van der Waals surface area contributed by atoms with Gasteiger partial charge >= 0.3 is 0 Å². The van der Waals surface area contributed by atoms with Crippen LogP contribution in [0.3, 0.4) is 0 Å². The monoisotopic (exact) mass is 546 g/mol. The summed E-state index contributed by atoms with van der Waals surface area (Å²) in [6.45, 7) is 1.74. The van der Waals surface area contributed by atoms with Gasteiger partial charge in [-0.3, -0.25) is 4.98 Å². The van der Waals surface area contributed by atoms with Gasteiger partial charge in [0.15, 0.2) is 17.5 Å². The van der Waals surface area contributed by atoms with Crippen molar-refractivity contribution < 1.29 is 28.1 Å². The number of nitrogens with one attached hydrogen (secondary N) is 2. The minimum atomic E-state index is -1.51. The van der Waals surface area contributed by atoms with E-state index in [0.29, 0.717) is 25.0 Å². The maximum atomic E-state index is 13.6. The van der Waals surface area contributed by atoms with E-state index < -0.39 is 35.1 Å². The Hall–Kier alpha value is -3.08. The molecular formula is C29H37F3N4O3. The van der Waals surface area contributed by atoms with Crippen LogP contribution in [0.1, 0.15) is 43.8 Å². The van der Waals surface area contributed by atoms with Crippen molar-refractivity contribution in [3.63, 3.8) is 0 Å². The first-order valence-corrected chi connectivity index (χ1v) is 13.2. The highest BCUT2D eigenvalue weighted by Crippen LogP contribution is 2.43. The van der Waals surface area contributed by atoms with Crippen LogP contribution in [-0.4, -0.2) is 62.1 Å². The number of ether oxygens (including phenoxy) is 1. The molecule has 1 aliphatic rings. The van der Waals surface area contributed by atoms with Gasteiger partial charge in [0.2, 0.25) is 0 Å². The molecule has 0 spiro atoms. The summed E-state index contributed by atoms with van der Waals surface area (Å²) in [5.74, 6) is -3.36. The molecule has 3 aromatic rings. The van der Waals surface area contributed by atoms with E-state index in [9.17, 15) is 23.4 Å². The van der Waals surface area contributed by atoms with Gasteiger partial charge in [0.1, 0.15) is 5.75 Å². The average molecular weight is 547 g/mol. The number of nitrogens with zero attached hydrogens (tertiary/aromatic N) is 2. The average Bonchev–Trinajstić information content (AvgIpc) is 2.93. The Morgan fingerprint density at radius 1 is 1.08 bits per heavy atom. The molecule has 0 saturated carbocycles. The molecule has 0 aliphatic carbocycles. The van der Waals surface area contributed by atoms with E-state index in [0.717, 1.165) is 60.2 Å². The number of fused-ring (bicyclic) bond motifs is 1. The van der Waals surface area contributed by atoms with Crippen LogP contribution in [0.4, 0.5) is 24.5 Å². The van der Waals surface area contributed by atoms with Crippen molar-refractivity contribution in [1.82, 2.24) is 10.3 Å². The molecule has 0 unspecified atom stereocenters. The molecule has 7 nitrogen and oxygen atoms in total. The van der Waals surface area contributed by atoms with Crippen molar-refractivity contribution in [1.29, 1.82) is 0 Å². The summed E-state index contributed by atoms with van der Waals surface area (Å²) < 4.78 is 45.8. The van der Waals surface area contributed by atoms with Crippen molar-refractivity contribution in [2.45, 2.75) is 44.3 Å². The van der Waals surface area contributed by atoms with Crippen LogP contribution in [0, 0.1) is 22.9 Å². The molecule has 0 radical (unpaired) electrons. The van der Waals surface area contributed by atoms with Gasteiger partial charge in [-0.2, -0.15) is 0 Å². The van der Waals surface area contributed by atoms with Gasteiger partial charge in [-0.1, -0.05) is 0 Å². The third-order valence-corrected chi connectivity index (χ3v) is 7.86. The summed E-state index contributed by atoms with van der Waals surface area (Å²) in [5, 5.41) is 29.9. The topological polar surface area (TPSA) is 89.9 Å². The Balaban J connectivity index is 1.51. The molecule has 4 N–H and O–H groups in total. The maximum Gasteiger partial charge on any atom is 0.194 e. The molecular weight excluding hydrogens is 509 g/mol. The van der Waals surface area contributed by atoms with Crippen LogP contribution in [0.15, 0.2) is 36.5 Å². The van der Waals surface area contributed by atoms with Crippen LogP contribution in [0.25, 0.3) is 10.9 Å². The first kappa shape index (κ1) is 28.9. The highest BCUT2D eigenvalue weighted by Gasteiger charge is 2.39. The zero-order valence-corrected chi connectivity index (χ0v) is 22.6. The largest absolute Gasteiger partial charge is 0.497 e. The minimum absolute atomic E-state index is 0.115. The molecule has 4 rings (SSSR count). The first-order chi connectivity index (χ1) is 18.6. The Morgan fingerprint density at radius 3 is 2.41 bits per heavy atom. The maximum absolute atomic E-state index is 13.6. The van der Waals surface area contributed by atoms with E-state index >= 15 is 0 Å². The number of aliphatic hydroxyl groups is 2. The molecule has 2 heterocycles. The molecule has 2 aromatic carbocycles. The molecule has 0 bridgehead atoms. The second kappa shape index (κ2) is 12.4. The molecule has 10 heteroatoms. The predicted molar refractivity (Wildman–Crippen MR) is 147 cm³/mol. The number of piperidine rings is 1. The number of anilines is 2. The number of hydrogen-bond donors (Lipinski definition) is 4. The van der Waals surface area contributed by atoms with Crippen molar-refractivity contribution in [2.24, 2.45) is 5.41 Å². The van der Waals surface area contributed by atoms with Gasteiger partial charge in [-0.05, 0) is 68.8 Å². The summed E-state index contributed by atoms with van der Waals surface area (Å²) in [6.07, 6.45) is 3.04. The predicted octanol–water partition coefficient (Wildman–Crippen LogP) is 4.77. The van der Waals surface area contributed by atoms with Gasteiger partial charge in [-0.25, -0.2) is 13.2 Å². The Labute approximate surface area is 227 Å². The van der Waals surface area contributed by atoms with Gasteiger partial charge in [-0.15, -0.1) is 0 Å². The second-order valence-electron chi connectivity index (χ2n) is 10.5. The van der Waals surface area contributed by atoms with Crippen LogP contribution < -0.4 is 20.3 Å². The molecule has 39 heavy (non-hydrogen) atoms. The van der Waals surface area contributed by atoms with Crippen LogP contribution in [0.2, 0.25) is 0 Å². The fourth-order valence-electron chi connectivity index (χ4n) is 5.58. The first-order valence-electron chi connectivity index (χ1n) is 13.2. The SMILES string of the molecule is COc1ccc2ncc(N(C)C)c([C@H](O)CCC3([C@@H](O)CCNc4cc(F)c(F)c(F)c4)CCNCC3)c2c1. The van der Waals surface area contributed by atoms with Gasteiger partial charge in [0.25, 0.3) is 0 Å². The summed E-state index contributed by atoms with van der Waals surface area (Å²) in [5.41, 5.74) is 2.01. The number of halogens is 3. The Bertz CT molecular complexity index is 1260. The molecule has 1 saturated heterocycles. The number of aromatic nitrogens is 1. The van der Waals surface area contributed by atoms with Crippen LogP contribution in [0.5, 0.6) is 5.75 Å². The van der Waals surface area contributed by atoms with Gasteiger partial charge in [0, 0.05) is 49.4 Å². The molecule has 2 atom stereocenters. The minimum Gasteiger partial charge on any atom is -0.497 e. The van der Waals surface area contributed by atoms with Gasteiger partial charge in [0.05, 0.1) is 36.7 Å². The fourth-order valence-corrected chi connectivity index (χ4v) is 5.58. The summed E-state index contributed by atoms with van der Waals surface area (Å²) in [4.78, 5) is 6.48. The molecule has 1 aromatic heterocycles. The van der Waals surface area contributed by atoms with Crippen molar-refractivity contribution in [3.8, 4) is 5.75 Å². The molecule has 1 fully saturated rings. The summed E-state index contributed by atoms with van der Waals surface area (Å²) in [7, 11) is 5.41. The lowest BCUT2D eigenvalue weighted by Gasteiger charge is -2.42. The normalized spacial score (nSPS) is 16.6. The van der Waals surface area contributed by atoms with Crippen LogP contribution >= 0.6 is 0 Å². The summed E-state index contributed by atoms with van der Waals surface area (Å²) >= 11 is 0. The standard InChI is InChI=1S/C29H37F3N4O3/c1-36(2)24-17-35-23-5-4-19(39-3)16-20(23)27(24)25(37)6-8-29(9-12-33-13-10-29)26(38)7-11-34-18-14-21(30)28(32)22(31)15-18/h4-5,14-17,25-26,33-34,37-38H,6-13H2,1-3H3/t25-,26+/m1/s1. The van der Waals surface area contributed by atoms with Crippen molar-refractivity contribution in [2.75, 3.05) is 51.1 Å². The summed E-state index contributed by atoms with van der Waals surface area (Å²) in [6, 6.07) is 7.39. The van der Waals surface area contributed by atoms with Crippen molar-refractivity contribution in [3.05, 3.63) is 59.5 Å². The van der Waals surface area contributed by atoms with E-state index in [-0.39, 0.29) is 12.2 Å². The van der Waals surface area contributed by atoms with E-state index in [1.165, 1.54) is 0 Å². The number of hydrogen-bond acceptors (Lipinski definition) is 7. The van der Waals surface area contributed by atoms with E-state index in [1.54, 1.807) is 13.3 Å². The zero-order chi connectivity index (χ0) is 28.2. The quantitative estimate of drug-likeness (QED) is 0.258. The zero-order valence-electron chi connectivity index (χ0n) is 22.6. The molecule has 212 valence electrons. The third kappa shape index (κ3) is 6.40. The molecule has 1 aliphatic heterocycles.